The molecular weight excluding hydrogens is 232 g/mol. The van der Waals surface area contributed by atoms with Crippen LogP contribution in [0, 0.1) is 11.3 Å². The van der Waals surface area contributed by atoms with Crippen molar-refractivity contribution in [2.45, 2.75) is 52.5 Å². The fourth-order valence-electron chi connectivity index (χ4n) is 2.00. The van der Waals surface area contributed by atoms with E-state index in [1.165, 1.54) is 0 Å². The minimum absolute atomic E-state index is 0.233. The lowest BCUT2D eigenvalue weighted by Gasteiger charge is -2.18. The molecule has 1 unspecified atom stereocenters. The van der Waals surface area contributed by atoms with E-state index in [1.807, 2.05) is 13.8 Å². The highest BCUT2D eigenvalue weighted by molar-refractivity contribution is 5.82. The van der Waals surface area contributed by atoms with Crippen LogP contribution in [-0.4, -0.2) is 29.7 Å². The molecule has 1 rings (SSSR count). The van der Waals surface area contributed by atoms with Crippen LogP contribution in [0.2, 0.25) is 0 Å². The summed E-state index contributed by atoms with van der Waals surface area (Å²) in [6, 6.07) is -1.18. The second-order valence-corrected chi connectivity index (χ2v) is 5.70. The van der Waals surface area contributed by atoms with Crippen molar-refractivity contribution in [2.24, 2.45) is 11.3 Å². The van der Waals surface area contributed by atoms with Crippen LogP contribution in [0.15, 0.2) is 0 Å². The third-order valence-corrected chi connectivity index (χ3v) is 3.64. The largest absolute Gasteiger partial charge is 0.480 e. The number of hydrogen-bond acceptors (Lipinski definition) is 2. The highest BCUT2D eigenvalue weighted by Crippen LogP contribution is 2.47. The van der Waals surface area contributed by atoms with E-state index in [0.717, 1.165) is 19.3 Å². The zero-order chi connectivity index (χ0) is 13.8. The third kappa shape index (κ3) is 4.55. The summed E-state index contributed by atoms with van der Waals surface area (Å²) in [4.78, 5) is 22.6. The first-order chi connectivity index (χ1) is 8.38. The minimum atomic E-state index is -0.976. The summed E-state index contributed by atoms with van der Waals surface area (Å²) >= 11 is 0. The number of rotatable bonds is 7. The number of carboxylic acid groups (broad SMARTS) is 1. The molecule has 18 heavy (non-hydrogen) atoms. The summed E-state index contributed by atoms with van der Waals surface area (Å²) in [7, 11) is 0. The van der Waals surface area contributed by atoms with Gasteiger partial charge in [-0.25, -0.2) is 9.59 Å². The Morgan fingerprint density at radius 2 is 1.94 bits per heavy atom. The van der Waals surface area contributed by atoms with Crippen LogP contribution < -0.4 is 10.6 Å². The molecule has 0 aromatic heterocycles. The third-order valence-electron chi connectivity index (χ3n) is 3.64. The molecule has 1 aliphatic carbocycles. The molecule has 5 nitrogen and oxygen atoms in total. The monoisotopic (exact) mass is 256 g/mol. The van der Waals surface area contributed by atoms with Gasteiger partial charge in [-0.2, -0.15) is 0 Å². The molecule has 0 heterocycles. The van der Waals surface area contributed by atoms with E-state index in [0.29, 0.717) is 13.0 Å². The van der Waals surface area contributed by atoms with Crippen molar-refractivity contribution in [3.05, 3.63) is 0 Å². The number of hydrogen-bond donors (Lipinski definition) is 3. The van der Waals surface area contributed by atoms with Gasteiger partial charge < -0.3 is 15.7 Å². The average molecular weight is 256 g/mol. The maximum atomic E-state index is 11.6. The van der Waals surface area contributed by atoms with Crippen molar-refractivity contribution < 1.29 is 14.7 Å². The second-order valence-electron chi connectivity index (χ2n) is 5.70. The lowest BCUT2D eigenvalue weighted by molar-refractivity contribution is -0.139. The maximum absolute atomic E-state index is 11.6. The van der Waals surface area contributed by atoms with E-state index in [2.05, 4.69) is 17.6 Å². The predicted molar refractivity (Wildman–Crippen MR) is 69.4 cm³/mol. The van der Waals surface area contributed by atoms with Gasteiger partial charge in [0, 0.05) is 6.54 Å². The molecule has 1 fully saturated rings. The van der Waals surface area contributed by atoms with Crippen LogP contribution in [-0.2, 0) is 4.79 Å². The fourth-order valence-corrected chi connectivity index (χ4v) is 2.00. The molecule has 5 heteroatoms. The number of carbonyl (C=O) groups excluding carboxylic acids is 1. The zero-order valence-corrected chi connectivity index (χ0v) is 11.5. The Bertz CT molecular complexity index is 311. The van der Waals surface area contributed by atoms with Gasteiger partial charge in [0.05, 0.1) is 0 Å². The smallest absolute Gasteiger partial charge is 0.326 e. The Labute approximate surface area is 108 Å². The summed E-state index contributed by atoms with van der Waals surface area (Å²) in [6.07, 6.45) is 3.81. The Hall–Kier alpha value is -1.26. The highest BCUT2D eigenvalue weighted by Gasteiger charge is 2.40. The molecule has 0 spiro atoms. The van der Waals surface area contributed by atoms with Gasteiger partial charge in [0.25, 0.3) is 0 Å². The molecule has 1 aliphatic rings. The van der Waals surface area contributed by atoms with Gasteiger partial charge in [0.15, 0.2) is 0 Å². The minimum Gasteiger partial charge on any atom is -0.480 e. The Kier molecular flexibility index (Phi) is 4.99. The molecule has 0 aromatic rings. The molecule has 0 saturated heterocycles. The Morgan fingerprint density at radius 1 is 1.33 bits per heavy atom. The SMILES string of the molecule is CCC1(CNC(=O)NC(CC(C)C)C(=O)O)CC1. The second kappa shape index (κ2) is 6.07. The molecule has 1 saturated carbocycles. The molecule has 0 radical (unpaired) electrons. The quantitative estimate of drug-likeness (QED) is 0.651. The van der Waals surface area contributed by atoms with E-state index >= 15 is 0 Å². The highest BCUT2D eigenvalue weighted by atomic mass is 16.4. The van der Waals surface area contributed by atoms with Crippen LogP contribution in [0.25, 0.3) is 0 Å². The van der Waals surface area contributed by atoms with Gasteiger partial charge in [-0.1, -0.05) is 20.8 Å². The lowest BCUT2D eigenvalue weighted by Crippen LogP contribution is -2.47. The van der Waals surface area contributed by atoms with Gasteiger partial charge in [-0.15, -0.1) is 0 Å². The van der Waals surface area contributed by atoms with Crippen LogP contribution in [0.5, 0.6) is 0 Å². The van der Waals surface area contributed by atoms with Crippen molar-refractivity contribution >= 4 is 12.0 Å². The van der Waals surface area contributed by atoms with Crippen molar-refractivity contribution in [2.75, 3.05) is 6.54 Å². The van der Waals surface area contributed by atoms with E-state index in [-0.39, 0.29) is 17.4 Å². The molecule has 0 bridgehead atoms. The number of urea groups is 1. The molecule has 1 atom stereocenters. The van der Waals surface area contributed by atoms with Crippen LogP contribution in [0.4, 0.5) is 4.79 Å². The van der Waals surface area contributed by atoms with Crippen molar-refractivity contribution in [1.29, 1.82) is 0 Å². The summed E-state index contributed by atoms with van der Waals surface area (Å²) < 4.78 is 0. The van der Waals surface area contributed by atoms with Crippen molar-refractivity contribution in [1.82, 2.24) is 10.6 Å². The molecule has 104 valence electrons. The average Bonchev–Trinajstić information content (AvgIpc) is 3.05. The van der Waals surface area contributed by atoms with Gasteiger partial charge in [0.2, 0.25) is 0 Å². The standard InChI is InChI=1S/C13H24N2O3/c1-4-13(5-6-13)8-14-12(18)15-10(11(16)17)7-9(2)3/h9-10H,4-8H2,1-3H3,(H,16,17)(H2,14,15,18). The lowest BCUT2D eigenvalue weighted by atomic mass is 10.0. The van der Waals surface area contributed by atoms with Gasteiger partial charge in [0.1, 0.15) is 6.04 Å². The van der Waals surface area contributed by atoms with Gasteiger partial charge >= 0.3 is 12.0 Å². The molecule has 0 aliphatic heterocycles. The summed E-state index contributed by atoms with van der Waals surface area (Å²) in [5.41, 5.74) is 0.272. The zero-order valence-electron chi connectivity index (χ0n) is 11.5. The van der Waals surface area contributed by atoms with Gasteiger partial charge in [-0.05, 0) is 37.0 Å². The van der Waals surface area contributed by atoms with Crippen LogP contribution >= 0.6 is 0 Å². The van der Waals surface area contributed by atoms with E-state index in [1.54, 1.807) is 0 Å². The number of nitrogens with one attached hydrogen (secondary N) is 2. The Morgan fingerprint density at radius 3 is 2.33 bits per heavy atom. The molecule has 0 aromatic carbocycles. The number of amides is 2. The normalized spacial score (nSPS) is 18.2. The van der Waals surface area contributed by atoms with Crippen molar-refractivity contribution in [3.63, 3.8) is 0 Å². The summed E-state index contributed by atoms with van der Waals surface area (Å²) in [5, 5.41) is 14.3. The maximum Gasteiger partial charge on any atom is 0.326 e. The van der Waals surface area contributed by atoms with Crippen LogP contribution in [0.3, 0.4) is 0 Å². The van der Waals surface area contributed by atoms with E-state index < -0.39 is 12.0 Å². The first-order valence-corrected chi connectivity index (χ1v) is 6.66. The molecule has 2 amide bonds. The summed E-state index contributed by atoms with van der Waals surface area (Å²) in [5.74, 6) is -0.743. The topological polar surface area (TPSA) is 78.4 Å². The van der Waals surface area contributed by atoms with E-state index in [9.17, 15) is 9.59 Å². The Balaban J connectivity index is 2.34. The number of aliphatic carboxylic acids is 1. The first kappa shape index (κ1) is 14.8. The predicted octanol–water partition coefficient (Wildman–Crippen LogP) is 1.98. The summed E-state index contributed by atoms with van der Waals surface area (Å²) in [6.45, 7) is 6.63. The number of carboxylic acids is 1. The van der Waals surface area contributed by atoms with E-state index in [4.69, 9.17) is 5.11 Å². The van der Waals surface area contributed by atoms with Crippen LogP contribution in [0.1, 0.15) is 46.5 Å². The fraction of sp³-hybridized carbons (Fsp3) is 0.846. The molecular formula is C13H24N2O3. The molecule has 3 N–H and O–H groups in total. The number of carbonyl (C=O) groups is 2. The van der Waals surface area contributed by atoms with Gasteiger partial charge in [-0.3, -0.25) is 0 Å². The first-order valence-electron chi connectivity index (χ1n) is 6.66. The van der Waals surface area contributed by atoms with Crippen molar-refractivity contribution in [3.8, 4) is 0 Å².